The van der Waals surface area contributed by atoms with Crippen LogP contribution in [0.15, 0.2) is 24.5 Å². The fourth-order valence-electron chi connectivity index (χ4n) is 2.60. The SMILES string of the molecule is c1nc2ccc(CNCCC3CCCN3)cc2[nH]1. The predicted molar refractivity (Wildman–Crippen MR) is 73.4 cm³/mol. The van der Waals surface area contributed by atoms with Crippen LogP contribution in [0.4, 0.5) is 0 Å². The smallest absolute Gasteiger partial charge is 0.0931 e. The number of hydrogen-bond donors (Lipinski definition) is 3. The van der Waals surface area contributed by atoms with Gasteiger partial charge in [0.2, 0.25) is 0 Å². The van der Waals surface area contributed by atoms with Gasteiger partial charge in [0, 0.05) is 12.6 Å². The van der Waals surface area contributed by atoms with Crippen molar-refractivity contribution in [2.24, 2.45) is 0 Å². The van der Waals surface area contributed by atoms with Gasteiger partial charge in [-0.05, 0) is 50.0 Å². The molecular formula is C14H20N4. The number of aromatic amines is 1. The molecule has 0 aliphatic carbocycles. The molecule has 2 aromatic rings. The molecule has 0 radical (unpaired) electrons. The minimum atomic E-state index is 0.729. The van der Waals surface area contributed by atoms with Gasteiger partial charge in [0.15, 0.2) is 0 Å². The third-order valence-corrected chi connectivity index (χ3v) is 3.65. The quantitative estimate of drug-likeness (QED) is 0.703. The van der Waals surface area contributed by atoms with Crippen LogP contribution in [-0.2, 0) is 6.54 Å². The molecule has 1 fully saturated rings. The lowest BCUT2D eigenvalue weighted by molar-refractivity contribution is 0.523. The van der Waals surface area contributed by atoms with Crippen LogP contribution in [-0.4, -0.2) is 29.1 Å². The molecule has 1 aromatic carbocycles. The van der Waals surface area contributed by atoms with Crippen LogP contribution in [0.5, 0.6) is 0 Å². The topological polar surface area (TPSA) is 52.7 Å². The minimum absolute atomic E-state index is 0.729. The maximum Gasteiger partial charge on any atom is 0.0931 e. The van der Waals surface area contributed by atoms with E-state index in [4.69, 9.17) is 0 Å². The zero-order valence-corrected chi connectivity index (χ0v) is 10.6. The van der Waals surface area contributed by atoms with Gasteiger partial charge in [-0.3, -0.25) is 0 Å². The van der Waals surface area contributed by atoms with E-state index in [1.165, 1.54) is 31.4 Å². The number of H-pyrrole nitrogens is 1. The summed E-state index contributed by atoms with van der Waals surface area (Å²) < 4.78 is 0. The number of nitrogens with one attached hydrogen (secondary N) is 3. The van der Waals surface area contributed by atoms with E-state index < -0.39 is 0 Å². The van der Waals surface area contributed by atoms with Gasteiger partial charge < -0.3 is 15.6 Å². The minimum Gasteiger partial charge on any atom is -0.345 e. The Labute approximate surface area is 107 Å². The molecule has 1 aliphatic rings. The van der Waals surface area contributed by atoms with Crippen molar-refractivity contribution in [3.8, 4) is 0 Å². The first-order valence-electron chi connectivity index (χ1n) is 6.78. The Kier molecular flexibility index (Phi) is 3.57. The summed E-state index contributed by atoms with van der Waals surface area (Å²) in [4.78, 5) is 7.37. The maximum atomic E-state index is 4.22. The average molecular weight is 244 g/mol. The van der Waals surface area contributed by atoms with Crippen molar-refractivity contribution >= 4 is 11.0 Å². The normalized spacial score (nSPS) is 19.7. The van der Waals surface area contributed by atoms with Gasteiger partial charge in [-0.15, -0.1) is 0 Å². The number of imidazole rings is 1. The van der Waals surface area contributed by atoms with E-state index in [0.29, 0.717) is 0 Å². The summed E-state index contributed by atoms with van der Waals surface area (Å²) in [7, 11) is 0. The lowest BCUT2D eigenvalue weighted by atomic mass is 10.1. The van der Waals surface area contributed by atoms with Crippen molar-refractivity contribution in [1.82, 2.24) is 20.6 Å². The van der Waals surface area contributed by atoms with Crippen molar-refractivity contribution in [2.45, 2.75) is 31.8 Å². The molecule has 0 saturated carbocycles. The van der Waals surface area contributed by atoms with Crippen LogP contribution >= 0.6 is 0 Å². The molecule has 1 unspecified atom stereocenters. The number of rotatable bonds is 5. The number of aromatic nitrogens is 2. The average Bonchev–Trinajstić information content (AvgIpc) is 3.05. The second-order valence-corrected chi connectivity index (χ2v) is 5.01. The van der Waals surface area contributed by atoms with Crippen LogP contribution in [0.2, 0.25) is 0 Å². The molecule has 3 N–H and O–H groups in total. The Morgan fingerprint density at radius 3 is 3.28 bits per heavy atom. The molecule has 4 heteroatoms. The monoisotopic (exact) mass is 244 g/mol. The van der Waals surface area contributed by atoms with Crippen molar-refractivity contribution in [2.75, 3.05) is 13.1 Å². The Morgan fingerprint density at radius 1 is 1.39 bits per heavy atom. The highest BCUT2D eigenvalue weighted by Gasteiger charge is 2.12. The van der Waals surface area contributed by atoms with Crippen LogP contribution in [0, 0.1) is 0 Å². The molecule has 0 bridgehead atoms. The largest absolute Gasteiger partial charge is 0.345 e. The fourth-order valence-corrected chi connectivity index (χ4v) is 2.60. The Balaban J connectivity index is 1.47. The van der Waals surface area contributed by atoms with Crippen LogP contribution in [0.25, 0.3) is 11.0 Å². The summed E-state index contributed by atoms with van der Waals surface area (Å²) in [6.07, 6.45) is 5.64. The summed E-state index contributed by atoms with van der Waals surface area (Å²) in [6, 6.07) is 7.11. The molecule has 96 valence electrons. The molecule has 2 heterocycles. The second kappa shape index (κ2) is 5.50. The molecule has 4 nitrogen and oxygen atoms in total. The summed E-state index contributed by atoms with van der Waals surface area (Å²) in [6.45, 7) is 3.21. The molecule has 18 heavy (non-hydrogen) atoms. The van der Waals surface area contributed by atoms with E-state index in [1.807, 2.05) is 0 Å². The number of hydrogen-bond acceptors (Lipinski definition) is 3. The van der Waals surface area contributed by atoms with Crippen LogP contribution in [0.1, 0.15) is 24.8 Å². The van der Waals surface area contributed by atoms with Crippen LogP contribution < -0.4 is 10.6 Å². The molecule has 1 aliphatic heterocycles. The Morgan fingerprint density at radius 2 is 2.39 bits per heavy atom. The first-order valence-corrected chi connectivity index (χ1v) is 6.78. The lowest BCUT2D eigenvalue weighted by Crippen LogP contribution is -2.26. The van der Waals surface area contributed by atoms with Crippen molar-refractivity contribution in [3.63, 3.8) is 0 Å². The van der Waals surface area contributed by atoms with Gasteiger partial charge >= 0.3 is 0 Å². The third-order valence-electron chi connectivity index (χ3n) is 3.65. The van der Waals surface area contributed by atoms with Gasteiger partial charge in [-0.2, -0.15) is 0 Å². The fraction of sp³-hybridized carbons (Fsp3) is 0.500. The summed E-state index contributed by atoms with van der Waals surface area (Å²) in [5, 5.41) is 7.03. The molecule has 0 amide bonds. The Hall–Kier alpha value is -1.39. The predicted octanol–water partition coefficient (Wildman–Crippen LogP) is 1.79. The second-order valence-electron chi connectivity index (χ2n) is 5.01. The van der Waals surface area contributed by atoms with Crippen molar-refractivity contribution in [3.05, 3.63) is 30.1 Å². The first kappa shape index (κ1) is 11.7. The van der Waals surface area contributed by atoms with Crippen molar-refractivity contribution < 1.29 is 0 Å². The zero-order valence-electron chi connectivity index (χ0n) is 10.6. The molecule has 1 atom stereocenters. The molecular weight excluding hydrogens is 224 g/mol. The van der Waals surface area contributed by atoms with E-state index in [-0.39, 0.29) is 0 Å². The first-order chi connectivity index (χ1) is 8.92. The van der Waals surface area contributed by atoms with Gasteiger partial charge in [0.25, 0.3) is 0 Å². The number of benzene rings is 1. The molecule has 3 rings (SSSR count). The summed E-state index contributed by atoms with van der Waals surface area (Å²) >= 11 is 0. The van der Waals surface area contributed by atoms with Gasteiger partial charge in [-0.25, -0.2) is 4.98 Å². The third kappa shape index (κ3) is 2.71. The molecule has 1 aromatic heterocycles. The molecule has 0 spiro atoms. The lowest BCUT2D eigenvalue weighted by Gasteiger charge is -2.10. The maximum absolute atomic E-state index is 4.22. The van der Waals surface area contributed by atoms with E-state index >= 15 is 0 Å². The number of fused-ring (bicyclic) bond motifs is 1. The van der Waals surface area contributed by atoms with Crippen molar-refractivity contribution in [1.29, 1.82) is 0 Å². The van der Waals surface area contributed by atoms with Gasteiger partial charge in [-0.1, -0.05) is 6.07 Å². The van der Waals surface area contributed by atoms with Crippen LogP contribution in [0.3, 0.4) is 0 Å². The summed E-state index contributed by atoms with van der Waals surface area (Å²) in [5.74, 6) is 0. The van der Waals surface area contributed by atoms with Gasteiger partial charge in [0.05, 0.1) is 17.4 Å². The van der Waals surface area contributed by atoms with E-state index in [2.05, 4.69) is 38.8 Å². The molecule has 1 saturated heterocycles. The van der Waals surface area contributed by atoms with E-state index in [9.17, 15) is 0 Å². The highest BCUT2D eigenvalue weighted by molar-refractivity contribution is 5.74. The zero-order chi connectivity index (χ0) is 12.2. The van der Waals surface area contributed by atoms with E-state index in [1.54, 1.807) is 6.33 Å². The highest BCUT2D eigenvalue weighted by Crippen LogP contribution is 2.11. The van der Waals surface area contributed by atoms with E-state index in [0.717, 1.165) is 30.2 Å². The number of nitrogens with zero attached hydrogens (tertiary/aromatic N) is 1. The Bertz CT molecular complexity index is 499. The van der Waals surface area contributed by atoms with Gasteiger partial charge in [0.1, 0.15) is 0 Å². The highest BCUT2D eigenvalue weighted by atomic mass is 14.9. The summed E-state index contributed by atoms with van der Waals surface area (Å²) in [5.41, 5.74) is 3.46. The standard InChI is InChI=1S/C14H20N4/c1-2-12(16-6-1)5-7-15-9-11-3-4-13-14(8-11)18-10-17-13/h3-4,8,10,12,15-16H,1-2,5-7,9H2,(H,17,18).